The van der Waals surface area contributed by atoms with E-state index in [0.29, 0.717) is 23.3 Å². The highest BCUT2D eigenvalue weighted by Gasteiger charge is 2.38. The first-order chi connectivity index (χ1) is 10.1. The third kappa shape index (κ3) is 1.48. The van der Waals surface area contributed by atoms with Gasteiger partial charge in [0.1, 0.15) is 5.75 Å². The number of fused-ring (bicyclic) bond motifs is 2. The molecular weight excluding hydrogens is 270 g/mol. The predicted molar refractivity (Wildman–Crippen MR) is 75.7 cm³/mol. The van der Waals surface area contributed by atoms with E-state index in [1.54, 1.807) is 12.1 Å². The Morgan fingerprint density at radius 1 is 1.24 bits per heavy atom. The molecule has 2 aliphatic rings. The van der Waals surface area contributed by atoms with Gasteiger partial charge in [0.15, 0.2) is 11.5 Å². The summed E-state index contributed by atoms with van der Waals surface area (Å²) in [7, 11) is 1.48. The lowest BCUT2D eigenvalue weighted by Gasteiger charge is -2.26. The van der Waals surface area contributed by atoms with E-state index in [4.69, 9.17) is 4.74 Å². The largest absolute Gasteiger partial charge is 0.508 e. The van der Waals surface area contributed by atoms with E-state index in [1.807, 2.05) is 6.07 Å². The van der Waals surface area contributed by atoms with Gasteiger partial charge in [0.2, 0.25) is 0 Å². The molecule has 5 heteroatoms. The van der Waals surface area contributed by atoms with E-state index in [2.05, 4.69) is 5.32 Å². The quantitative estimate of drug-likeness (QED) is 0.749. The molecule has 5 nitrogen and oxygen atoms in total. The molecule has 21 heavy (non-hydrogen) atoms. The van der Waals surface area contributed by atoms with E-state index in [-0.39, 0.29) is 23.4 Å². The highest BCUT2D eigenvalue weighted by molar-refractivity contribution is 6.04. The molecule has 2 aromatic carbocycles. The Balaban J connectivity index is 2.13. The molecule has 0 radical (unpaired) electrons. The second kappa shape index (κ2) is 3.91. The lowest BCUT2D eigenvalue weighted by molar-refractivity contribution is 0.0956. The third-order valence-corrected chi connectivity index (χ3v) is 4.19. The molecule has 1 heterocycles. The minimum atomic E-state index is -0.189. The molecule has 1 atom stereocenters. The number of phenols is 2. The van der Waals surface area contributed by atoms with Crippen molar-refractivity contribution in [1.82, 2.24) is 5.32 Å². The minimum absolute atomic E-state index is 0.0711. The summed E-state index contributed by atoms with van der Waals surface area (Å²) >= 11 is 0. The number of amides is 1. The zero-order valence-corrected chi connectivity index (χ0v) is 11.3. The predicted octanol–water partition coefficient (Wildman–Crippen LogP) is 2.11. The van der Waals surface area contributed by atoms with Crippen molar-refractivity contribution in [2.45, 2.75) is 12.5 Å². The van der Waals surface area contributed by atoms with Gasteiger partial charge in [-0.15, -0.1) is 0 Å². The Morgan fingerprint density at radius 3 is 2.81 bits per heavy atom. The average Bonchev–Trinajstić information content (AvgIpc) is 2.76. The SMILES string of the molecule is COc1c(O)cc2c3c1-c1cc(O)ccc1CC3NC2=O. The molecule has 0 spiro atoms. The summed E-state index contributed by atoms with van der Waals surface area (Å²) in [5.74, 6) is 0.218. The normalized spacial score (nSPS) is 18.0. The number of aromatic hydroxyl groups is 2. The lowest BCUT2D eigenvalue weighted by atomic mass is 9.81. The van der Waals surface area contributed by atoms with Crippen LogP contribution in [0.5, 0.6) is 17.2 Å². The van der Waals surface area contributed by atoms with E-state index in [9.17, 15) is 15.0 Å². The third-order valence-electron chi connectivity index (χ3n) is 4.19. The van der Waals surface area contributed by atoms with E-state index >= 15 is 0 Å². The van der Waals surface area contributed by atoms with Gasteiger partial charge in [0.05, 0.1) is 13.2 Å². The van der Waals surface area contributed by atoms with Crippen LogP contribution in [0, 0.1) is 0 Å². The maximum atomic E-state index is 12.1. The number of ether oxygens (including phenoxy) is 1. The zero-order valence-electron chi connectivity index (χ0n) is 11.3. The fourth-order valence-electron chi connectivity index (χ4n) is 3.35. The number of carbonyl (C=O) groups excluding carboxylic acids is 1. The topological polar surface area (TPSA) is 78.8 Å². The number of phenolic OH excluding ortho intramolecular Hbond substituents is 2. The molecule has 4 rings (SSSR count). The van der Waals surface area contributed by atoms with Gasteiger partial charge in [-0.2, -0.15) is 0 Å². The van der Waals surface area contributed by atoms with Crippen LogP contribution in [0.1, 0.15) is 27.5 Å². The Kier molecular flexibility index (Phi) is 2.25. The molecule has 106 valence electrons. The van der Waals surface area contributed by atoms with Gasteiger partial charge in [0.25, 0.3) is 5.91 Å². The van der Waals surface area contributed by atoms with Gasteiger partial charge >= 0.3 is 0 Å². The van der Waals surface area contributed by atoms with Crippen molar-refractivity contribution in [2.75, 3.05) is 7.11 Å². The molecule has 0 saturated heterocycles. The summed E-state index contributed by atoms with van der Waals surface area (Å²) in [6.45, 7) is 0. The highest BCUT2D eigenvalue weighted by Crippen LogP contribution is 2.51. The Hall–Kier alpha value is -2.69. The van der Waals surface area contributed by atoms with Gasteiger partial charge in [-0.1, -0.05) is 6.07 Å². The number of hydrogen-bond acceptors (Lipinski definition) is 4. The Morgan fingerprint density at radius 2 is 2.05 bits per heavy atom. The molecule has 1 aliphatic carbocycles. The highest BCUT2D eigenvalue weighted by atomic mass is 16.5. The fraction of sp³-hybridized carbons (Fsp3) is 0.188. The number of carbonyl (C=O) groups is 1. The van der Waals surface area contributed by atoms with E-state index in [1.165, 1.54) is 13.2 Å². The van der Waals surface area contributed by atoms with Crippen LogP contribution < -0.4 is 10.1 Å². The van der Waals surface area contributed by atoms with Crippen LogP contribution in [0.25, 0.3) is 11.1 Å². The van der Waals surface area contributed by atoms with Crippen molar-refractivity contribution >= 4 is 5.91 Å². The van der Waals surface area contributed by atoms with Gasteiger partial charge < -0.3 is 20.3 Å². The second-order valence-corrected chi connectivity index (χ2v) is 5.34. The van der Waals surface area contributed by atoms with Crippen molar-refractivity contribution in [3.8, 4) is 28.4 Å². The summed E-state index contributed by atoms with van der Waals surface area (Å²) in [5.41, 5.74) is 3.80. The average molecular weight is 283 g/mol. The van der Waals surface area contributed by atoms with Crippen LogP contribution in [-0.2, 0) is 6.42 Å². The number of methoxy groups -OCH3 is 1. The van der Waals surface area contributed by atoms with Crippen LogP contribution in [0.3, 0.4) is 0 Å². The number of rotatable bonds is 1. The maximum absolute atomic E-state index is 12.1. The van der Waals surface area contributed by atoms with Crippen LogP contribution in [-0.4, -0.2) is 23.2 Å². The molecule has 2 aromatic rings. The van der Waals surface area contributed by atoms with E-state index in [0.717, 1.165) is 16.7 Å². The molecule has 0 fully saturated rings. The monoisotopic (exact) mass is 283 g/mol. The summed E-state index contributed by atoms with van der Waals surface area (Å²) in [6, 6.07) is 6.43. The van der Waals surface area contributed by atoms with Crippen molar-refractivity contribution in [1.29, 1.82) is 0 Å². The number of nitrogens with one attached hydrogen (secondary N) is 1. The summed E-state index contributed by atoms with van der Waals surface area (Å²) in [5, 5.41) is 22.8. The fourth-order valence-corrected chi connectivity index (χ4v) is 3.35. The molecule has 3 N–H and O–H groups in total. The van der Waals surface area contributed by atoms with Gasteiger partial charge in [-0.3, -0.25) is 4.79 Å². The van der Waals surface area contributed by atoms with Gasteiger partial charge in [-0.25, -0.2) is 0 Å². The van der Waals surface area contributed by atoms with Crippen LogP contribution in [0.4, 0.5) is 0 Å². The Labute approximate surface area is 120 Å². The minimum Gasteiger partial charge on any atom is -0.508 e. The first-order valence-corrected chi connectivity index (χ1v) is 6.67. The molecule has 0 aromatic heterocycles. The van der Waals surface area contributed by atoms with Crippen molar-refractivity contribution in [3.63, 3.8) is 0 Å². The summed E-state index contributed by atoms with van der Waals surface area (Å²) < 4.78 is 5.34. The molecule has 0 saturated carbocycles. The molecule has 1 unspecified atom stereocenters. The first kappa shape index (κ1) is 12.1. The second-order valence-electron chi connectivity index (χ2n) is 5.34. The standard InChI is InChI=1S/C16H13NO4/c1-21-15-12(19)6-10-13-11(17-16(10)20)4-7-2-3-8(18)5-9(7)14(13)15/h2-3,5-6,11,18-19H,4H2,1H3,(H,17,20). The van der Waals surface area contributed by atoms with Crippen LogP contribution in [0.15, 0.2) is 24.3 Å². The molecule has 1 aliphatic heterocycles. The molecular formula is C16H13NO4. The first-order valence-electron chi connectivity index (χ1n) is 6.67. The smallest absolute Gasteiger partial charge is 0.252 e. The Bertz CT molecular complexity index is 797. The molecule has 1 amide bonds. The van der Waals surface area contributed by atoms with Crippen molar-refractivity contribution < 1.29 is 19.7 Å². The van der Waals surface area contributed by atoms with Gasteiger partial charge in [0, 0.05) is 11.1 Å². The van der Waals surface area contributed by atoms with Crippen LogP contribution in [0.2, 0.25) is 0 Å². The summed E-state index contributed by atoms with van der Waals surface area (Å²) in [4.78, 5) is 12.1. The maximum Gasteiger partial charge on any atom is 0.252 e. The zero-order chi connectivity index (χ0) is 14.7. The van der Waals surface area contributed by atoms with Crippen molar-refractivity contribution in [2.24, 2.45) is 0 Å². The summed E-state index contributed by atoms with van der Waals surface area (Å²) in [6.07, 6.45) is 0.662. The lowest BCUT2D eigenvalue weighted by Crippen LogP contribution is -2.22. The number of benzene rings is 2. The molecule has 0 bridgehead atoms. The van der Waals surface area contributed by atoms with Gasteiger partial charge in [-0.05, 0) is 41.3 Å². The van der Waals surface area contributed by atoms with E-state index < -0.39 is 0 Å². The number of hydrogen-bond donors (Lipinski definition) is 3. The van der Waals surface area contributed by atoms with Crippen LogP contribution >= 0.6 is 0 Å². The van der Waals surface area contributed by atoms with Crippen molar-refractivity contribution in [3.05, 3.63) is 41.0 Å².